The van der Waals surface area contributed by atoms with Gasteiger partial charge in [0.1, 0.15) is 5.76 Å². The molecule has 0 spiro atoms. The number of aromatic nitrogens is 1. The van der Waals surface area contributed by atoms with Crippen molar-refractivity contribution in [3.8, 4) is 0 Å². The summed E-state index contributed by atoms with van der Waals surface area (Å²) in [5.41, 5.74) is 1.97. The van der Waals surface area contributed by atoms with Gasteiger partial charge in [-0.3, -0.25) is 4.79 Å². The number of carbonyl (C=O) groups excluding carboxylic acids is 1. The van der Waals surface area contributed by atoms with E-state index >= 15 is 0 Å². The molecule has 1 aromatic rings. The highest BCUT2D eigenvalue weighted by molar-refractivity contribution is 5.77. The second-order valence-electron chi connectivity index (χ2n) is 6.47. The first kappa shape index (κ1) is 15.0. The van der Waals surface area contributed by atoms with Crippen molar-refractivity contribution in [1.82, 2.24) is 15.4 Å². The quantitative estimate of drug-likeness (QED) is 0.919. The minimum Gasteiger partial charge on any atom is -0.361 e. The van der Waals surface area contributed by atoms with Crippen LogP contribution in [0.4, 0.5) is 0 Å². The van der Waals surface area contributed by atoms with Crippen LogP contribution in [0.25, 0.3) is 0 Å². The average Bonchev–Trinajstić information content (AvgIpc) is 2.67. The van der Waals surface area contributed by atoms with Gasteiger partial charge in [-0.2, -0.15) is 0 Å². The van der Waals surface area contributed by atoms with Crippen LogP contribution in [0.2, 0.25) is 0 Å². The van der Waals surface area contributed by atoms with Crippen LogP contribution in [0.1, 0.15) is 50.1 Å². The highest BCUT2D eigenvalue weighted by Gasteiger charge is 2.30. The number of nitrogens with one attached hydrogen (secondary N) is 1. The zero-order valence-electron chi connectivity index (χ0n) is 13.1. The molecule has 1 atom stereocenters. The lowest BCUT2D eigenvalue weighted by atomic mass is 9.94. The predicted octanol–water partition coefficient (Wildman–Crippen LogP) is 2.00. The molecule has 1 aliphatic rings. The molecule has 1 aromatic heterocycles. The fourth-order valence-electron chi connectivity index (χ4n) is 3.04. The number of amides is 1. The van der Waals surface area contributed by atoms with E-state index in [0.29, 0.717) is 6.42 Å². The van der Waals surface area contributed by atoms with Gasteiger partial charge in [0.2, 0.25) is 5.91 Å². The molecule has 1 unspecified atom stereocenters. The van der Waals surface area contributed by atoms with Crippen LogP contribution >= 0.6 is 0 Å². The van der Waals surface area contributed by atoms with Gasteiger partial charge in [0.15, 0.2) is 0 Å². The summed E-state index contributed by atoms with van der Waals surface area (Å²) in [5.74, 6) is 1.18. The molecule has 112 valence electrons. The standard InChI is InChI=1S/C15H25N3O2/c1-10(14-11(2)17-20-12(14)3)8-13(19)18-7-6-16-15(4,5)9-18/h10,16H,6-9H2,1-5H3. The Kier molecular flexibility index (Phi) is 4.18. The van der Waals surface area contributed by atoms with Crippen molar-refractivity contribution < 1.29 is 9.32 Å². The first-order valence-electron chi connectivity index (χ1n) is 7.26. The Labute approximate surface area is 120 Å². The molecule has 0 saturated carbocycles. The average molecular weight is 279 g/mol. The zero-order chi connectivity index (χ0) is 14.9. The van der Waals surface area contributed by atoms with Gasteiger partial charge in [-0.25, -0.2) is 0 Å². The lowest BCUT2D eigenvalue weighted by Crippen LogP contribution is -2.58. The third-order valence-corrected chi connectivity index (χ3v) is 3.99. The van der Waals surface area contributed by atoms with Gasteiger partial charge in [0.25, 0.3) is 0 Å². The highest BCUT2D eigenvalue weighted by atomic mass is 16.5. The molecule has 2 heterocycles. The second-order valence-corrected chi connectivity index (χ2v) is 6.47. The lowest BCUT2D eigenvalue weighted by molar-refractivity contribution is -0.133. The normalized spacial score (nSPS) is 19.9. The summed E-state index contributed by atoms with van der Waals surface area (Å²) < 4.78 is 5.19. The summed E-state index contributed by atoms with van der Waals surface area (Å²) >= 11 is 0. The minimum absolute atomic E-state index is 0.000176. The molecular weight excluding hydrogens is 254 g/mol. The van der Waals surface area contributed by atoms with Gasteiger partial charge in [-0.1, -0.05) is 12.1 Å². The Morgan fingerprint density at radius 2 is 2.20 bits per heavy atom. The van der Waals surface area contributed by atoms with Crippen molar-refractivity contribution in [2.24, 2.45) is 0 Å². The maximum absolute atomic E-state index is 12.5. The summed E-state index contributed by atoms with van der Waals surface area (Å²) in [5, 5.41) is 7.39. The van der Waals surface area contributed by atoms with Crippen molar-refractivity contribution in [1.29, 1.82) is 0 Å². The Hall–Kier alpha value is -1.36. The maximum atomic E-state index is 12.5. The molecule has 5 heteroatoms. The molecule has 1 saturated heterocycles. The number of piperazine rings is 1. The maximum Gasteiger partial charge on any atom is 0.223 e. The van der Waals surface area contributed by atoms with Crippen LogP contribution in [0.15, 0.2) is 4.52 Å². The summed E-state index contributed by atoms with van der Waals surface area (Å²) in [4.78, 5) is 14.4. The van der Waals surface area contributed by atoms with Gasteiger partial charge in [0.05, 0.1) is 5.69 Å². The predicted molar refractivity (Wildman–Crippen MR) is 77.7 cm³/mol. The van der Waals surface area contributed by atoms with Gasteiger partial charge < -0.3 is 14.7 Å². The van der Waals surface area contributed by atoms with Crippen LogP contribution in [-0.4, -0.2) is 41.1 Å². The van der Waals surface area contributed by atoms with E-state index in [9.17, 15) is 4.79 Å². The van der Waals surface area contributed by atoms with Gasteiger partial charge >= 0.3 is 0 Å². The fourth-order valence-corrected chi connectivity index (χ4v) is 3.04. The summed E-state index contributed by atoms with van der Waals surface area (Å²) in [7, 11) is 0. The molecule has 0 radical (unpaired) electrons. The van der Waals surface area contributed by atoms with E-state index in [1.165, 1.54) is 0 Å². The van der Waals surface area contributed by atoms with Crippen LogP contribution in [-0.2, 0) is 4.79 Å². The molecule has 1 amide bonds. The van der Waals surface area contributed by atoms with Gasteiger partial charge in [-0.05, 0) is 33.6 Å². The van der Waals surface area contributed by atoms with Crippen molar-refractivity contribution in [2.45, 2.75) is 52.5 Å². The van der Waals surface area contributed by atoms with Gasteiger partial charge in [-0.15, -0.1) is 0 Å². The van der Waals surface area contributed by atoms with Crippen molar-refractivity contribution in [3.63, 3.8) is 0 Å². The van der Waals surface area contributed by atoms with E-state index < -0.39 is 0 Å². The highest BCUT2D eigenvalue weighted by Crippen LogP contribution is 2.26. The third kappa shape index (κ3) is 3.20. The number of aryl methyl sites for hydroxylation is 2. The summed E-state index contributed by atoms with van der Waals surface area (Å²) in [6.07, 6.45) is 0.513. The molecule has 0 aliphatic carbocycles. The fraction of sp³-hybridized carbons (Fsp3) is 0.733. The zero-order valence-corrected chi connectivity index (χ0v) is 13.1. The first-order valence-corrected chi connectivity index (χ1v) is 7.26. The third-order valence-electron chi connectivity index (χ3n) is 3.99. The lowest BCUT2D eigenvalue weighted by Gasteiger charge is -2.39. The Balaban J connectivity index is 2.01. The molecule has 1 aliphatic heterocycles. The van der Waals surface area contributed by atoms with Crippen molar-refractivity contribution >= 4 is 5.91 Å². The Bertz CT molecular complexity index is 474. The number of carbonyl (C=O) groups is 1. The summed E-state index contributed by atoms with van der Waals surface area (Å²) in [6.45, 7) is 12.6. The summed E-state index contributed by atoms with van der Waals surface area (Å²) in [6, 6.07) is 0. The van der Waals surface area contributed by atoms with Crippen LogP contribution in [0.3, 0.4) is 0 Å². The first-order chi connectivity index (χ1) is 9.30. The molecule has 1 N–H and O–H groups in total. The number of hydrogen-bond acceptors (Lipinski definition) is 4. The van der Waals surface area contributed by atoms with Crippen LogP contribution in [0, 0.1) is 13.8 Å². The molecule has 0 bridgehead atoms. The van der Waals surface area contributed by atoms with Crippen molar-refractivity contribution in [3.05, 3.63) is 17.0 Å². The van der Waals surface area contributed by atoms with E-state index in [1.54, 1.807) is 0 Å². The smallest absolute Gasteiger partial charge is 0.223 e. The van der Waals surface area contributed by atoms with E-state index in [1.807, 2.05) is 18.7 Å². The molecule has 1 fully saturated rings. The topological polar surface area (TPSA) is 58.4 Å². The van der Waals surface area contributed by atoms with Crippen LogP contribution in [0.5, 0.6) is 0 Å². The number of nitrogens with zero attached hydrogens (tertiary/aromatic N) is 2. The largest absolute Gasteiger partial charge is 0.361 e. The van der Waals surface area contributed by atoms with E-state index in [4.69, 9.17) is 4.52 Å². The SMILES string of the molecule is Cc1noc(C)c1C(C)CC(=O)N1CCNC(C)(C)C1. The monoisotopic (exact) mass is 279 g/mol. The molecular formula is C15H25N3O2. The minimum atomic E-state index is 0.000176. The molecule has 2 rings (SSSR count). The molecule has 0 aromatic carbocycles. The number of rotatable bonds is 3. The molecule has 5 nitrogen and oxygen atoms in total. The Morgan fingerprint density at radius 1 is 1.50 bits per heavy atom. The molecule has 20 heavy (non-hydrogen) atoms. The number of hydrogen-bond donors (Lipinski definition) is 1. The van der Waals surface area contributed by atoms with E-state index in [2.05, 4.69) is 31.2 Å². The van der Waals surface area contributed by atoms with Gasteiger partial charge in [0, 0.05) is 37.2 Å². The van der Waals surface area contributed by atoms with E-state index in [0.717, 1.165) is 36.7 Å². The van der Waals surface area contributed by atoms with Crippen LogP contribution < -0.4 is 5.32 Å². The Morgan fingerprint density at radius 3 is 2.75 bits per heavy atom. The second kappa shape index (κ2) is 5.56. The van der Waals surface area contributed by atoms with Crippen molar-refractivity contribution in [2.75, 3.05) is 19.6 Å². The van der Waals surface area contributed by atoms with E-state index in [-0.39, 0.29) is 17.4 Å².